The van der Waals surface area contributed by atoms with Gasteiger partial charge in [-0.2, -0.15) is 0 Å². The zero-order valence-electron chi connectivity index (χ0n) is 12.1. The van der Waals surface area contributed by atoms with Gasteiger partial charge in [-0.05, 0) is 6.42 Å². The van der Waals surface area contributed by atoms with Gasteiger partial charge in [0, 0.05) is 56.3 Å². The van der Waals surface area contributed by atoms with Gasteiger partial charge in [-0.15, -0.1) is 11.3 Å². The fourth-order valence-electron chi connectivity index (χ4n) is 2.91. The van der Waals surface area contributed by atoms with E-state index in [2.05, 4.69) is 14.8 Å². The second kappa shape index (κ2) is 7.02. The highest BCUT2D eigenvalue weighted by Crippen LogP contribution is 2.26. The van der Waals surface area contributed by atoms with Crippen LogP contribution < -0.4 is 4.90 Å². The largest absolute Gasteiger partial charge is 0.396 e. The number of nitrogens with zero attached hydrogens (tertiary/aromatic N) is 3. The Hall–Kier alpha value is -0.730. The van der Waals surface area contributed by atoms with Gasteiger partial charge in [0.15, 0.2) is 5.13 Å². The molecular weight excluding hydrogens is 290 g/mol. The number of aliphatic hydroxyl groups is 2. The summed E-state index contributed by atoms with van der Waals surface area (Å²) in [5, 5.41) is 20.2. The third-order valence-electron chi connectivity index (χ3n) is 4.21. The van der Waals surface area contributed by atoms with Crippen LogP contribution in [-0.2, 0) is 11.3 Å². The smallest absolute Gasteiger partial charge is 0.185 e. The SMILES string of the molecule is OC[C@@H]1CN(Cc2cnc(N3CCOCC3)s2)CC[C@@H]1O. The molecule has 0 aliphatic carbocycles. The van der Waals surface area contributed by atoms with E-state index < -0.39 is 0 Å². The minimum Gasteiger partial charge on any atom is -0.396 e. The van der Waals surface area contributed by atoms with Gasteiger partial charge in [0.2, 0.25) is 0 Å². The molecule has 1 aromatic heterocycles. The third kappa shape index (κ3) is 3.73. The van der Waals surface area contributed by atoms with Crippen LogP contribution >= 0.6 is 11.3 Å². The molecule has 0 unspecified atom stereocenters. The molecule has 0 saturated carbocycles. The van der Waals surface area contributed by atoms with Gasteiger partial charge >= 0.3 is 0 Å². The van der Waals surface area contributed by atoms with Gasteiger partial charge in [0.1, 0.15) is 0 Å². The minimum atomic E-state index is -0.364. The molecule has 3 rings (SSSR count). The molecule has 21 heavy (non-hydrogen) atoms. The first-order valence-corrected chi connectivity index (χ1v) is 8.36. The molecule has 2 atom stereocenters. The summed E-state index contributed by atoms with van der Waals surface area (Å²) in [6, 6.07) is 0. The summed E-state index contributed by atoms with van der Waals surface area (Å²) in [5.41, 5.74) is 0. The van der Waals surface area contributed by atoms with Gasteiger partial charge < -0.3 is 19.8 Å². The predicted molar refractivity (Wildman–Crippen MR) is 81.6 cm³/mol. The van der Waals surface area contributed by atoms with Crippen LogP contribution in [-0.4, -0.2) is 72.2 Å². The standard InChI is InChI=1S/C14H23N3O3S/c18-10-11-8-16(2-1-13(11)19)9-12-7-15-14(21-12)17-3-5-20-6-4-17/h7,11,13,18-19H,1-6,8-10H2/t11-,13-/m0/s1. The highest BCUT2D eigenvalue weighted by molar-refractivity contribution is 7.15. The Morgan fingerprint density at radius 2 is 2.14 bits per heavy atom. The van der Waals surface area contributed by atoms with Crippen LogP contribution in [0.15, 0.2) is 6.20 Å². The zero-order chi connectivity index (χ0) is 14.7. The number of aliphatic hydroxyl groups excluding tert-OH is 2. The van der Waals surface area contributed by atoms with E-state index in [1.54, 1.807) is 11.3 Å². The molecular formula is C14H23N3O3S. The number of anilines is 1. The molecule has 0 bridgehead atoms. The van der Waals surface area contributed by atoms with Crippen LogP contribution in [0.25, 0.3) is 0 Å². The summed E-state index contributed by atoms with van der Waals surface area (Å²) >= 11 is 1.74. The lowest BCUT2D eigenvalue weighted by Gasteiger charge is -2.34. The molecule has 2 N–H and O–H groups in total. The number of morpholine rings is 1. The van der Waals surface area contributed by atoms with Crippen molar-refractivity contribution in [3.05, 3.63) is 11.1 Å². The number of hydrogen-bond donors (Lipinski definition) is 2. The molecule has 2 fully saturated rings. The molecule has 7 heteroatoms. The molecule has 6 nitrogen and oxygen atoms in total. The second-order valence-electron chi connectivity index (χ2n) is 5.74. The fourth-order valence-corrected chi connectivity index (χ4v) is 3.91. The van der Waals surface area contributed by atoms with Crippen molar-refractivity contribution in [1.82, 2.24) is 9.88 Å². The Bertz CT molecular complexity index is 450. The maximum absolute atomic E-state index is 9.81. The van der Waals surface area contributed by atoms with E-state index in [1.165, 1.54) is 4.88 Å². The lowest BCUT2D eigenvalue weighted by Crippen LogP contribution is -2.44. The maximum Gasteiger partial charge on any atom is 0.185 e. The number of piperidine rings is 1. The van der Waals surface area contributed by atoms with Crippen LogP contribution in [0, 0.1) is 5.92 Å². The first kappa shape index (κ1) is 15.2. The number of ether oxygens (including phenoxy) is 1. The Morgan fingerprint density at radius 3 is 2.90 bits per heavy atom. The summed E-state index contributed by atoms with van der Waals surface area (Å²) in [7, 11) is 0. The quantitative estimate of drug-likeness (QED) is 0.825. The number of aromatic nitrogens is 1. The van der Waals surface area contributed by atoms with Crippen molar-refractivity contribution in [2.75, 3.05) is 50.9 Å². The van der Waals surface area contributed by atoms with E-state index in [9.17, 15) is 10.2 Å². The molecule has 3 heterocycles. The zero-order valence-corrected chi connectivity index (χ0v) is 13.0. The summed E-state index contributed by atoms with van der Waals surface area (Å²) in [5.74, 6) is -0.0228. The number of likely N-dealkylation sites (tertiary alicyclic amines) is 1. The molecule has 0 radical (unpaired) electrons. The van der Waals surface area contributed by atoms with E-state index in [-0.39, 0.29) is 18.6 Å². The van der Waals surface area contributed by atoms with Crippen molar-refractivity contribution in [1.29, 1.82) is 0 Å². The van der Waals surface area contributed by atoms with E-state index in [0.717, 1.165) is 57.5 Å². The first-order chi connectivity index (χ1) is 10.3. The number of rotatable bonds is 4. The normalized spacial score (nSPS) is 28.0. The predicted octanol–water partition coefficient (Wildman–Crippen LogP) is 0.155. The minimum absolute atomic E-state index is 0.0228. The van der Waals surface area contributed by atoms with Crippen LogP contribution in [0.3, 0.4) is 0 Å². The Kier molecular flexibility index (Phi) is 5.07. The second-order valence-corrected chi connectivity index (χ2v) is 6.84. The average Bonchev–Trinajstić information content (AvgIpc) is 2.98. The third-order valence-corrected chi connectivity index (χ3v) is 5.26. The molecule has 0 spiro atoms. The van der Waals surface area contributed by atoms with E-state index in [4.69, 9.17) is 4.74 Å². The van der Waals surface area contributed by atoms with Gasteiger partial charge in [0.05, 0.1) is 19.3 Å². The van der Waals surface area contributed by atoms with Crippen molar-refractivity contribution in [3.63, 3.8) is 0 Å². The highest BCUT2D eigenvalue weighted by Gasteiger charge is 2.27. The Labute approximate surface area is 129 Å². The van der Waals surface area contributed by atoms with Crippen LogP contribution in [0.4, 0.5) is 5.13 Å². The van der Waals surface area contributed by atoms with Crippen molar-refractivity contribution in [2.24, 2.45) is 5.92 Å². The lowest BCUT2D eigenvalue weighted by molar-refractivity contribution is -0.00173. The van der Waals surface area contributed by atoms with Gasteiger partial charge in [-0.25, -0.2) is 4.98 Å². The van der Waals surface area contributed by atoms with Crippen molar-refractivity contribution < 1.29 is 14.9 Å². The van der Waals surface area contributed by atoms with Crippen LogP contribution in [0.2, 0.25) is 0 Å². The molecule has 2 aliphatic heterocycles. The number of thiazole rings is 1. The molecule has 2 saturated heterocycles. The van der Waals surface area contributed by atoms with Crippen LogP contribution in [0.5, 0.6) is 0 Å². The van der Waals surface area contributed by atoms with Crippen LogP contribution in [0.1, 0.15) is 11.3 Å². The van der Waals surface area contributed by atoms with Gasteiger partial charge in [0.25, 0.3) is 0 Å². The van der Waals surface area contributed by atoms with Crippen molar-refractivity contribution in [2.45, 2.75) is 19.1 Å². The van der Waals surface area contributed by atoms with E-state index in [0.29, 0.717) is 0 Å². The van der Waals surface area contributed by atoms with Crippen molar-refractivity contribution in [3.8, 4) is 0 Å². The summed E-state index contributed by atoms with van der Waals surface area (Å²) in [4.78, 5) is 10.3. The highest BCUT2D eigenvalue weighted by atomic mass is 32.1. The summed E-state index contributed by atoms with van der Waals surface area (Å²) in [6.45, 7) is 5.91. The van der Waals surface area contributed by atoms with Gasteiger partial charge in [-0.1, -0.05) is 0 Å². The topological polar surface area (TPSA) is 69.1 Å². The maximum atomic E-state index is 9.81. The number of hydrogen-bond acceptors (Lipinski definition) is 7. The molecule has 0 aromatic carbocycles. The van der Waals surface area contributed by atoms with Gasteiger partial charge in [-0.3, -0.25) is 4.90 Å². The van der Waals surface area contributed by atoms with E-state index in [1.807, 2.05) is 6.20 Å². The molecule has 118 valence electrons. The lowest BCUT2D eigenvalue weighted by atomic mass is 9.95. The summed E-state index contributed by atoms with van der Waals surface area (Å²) < 4.78 is 5.36. The first-order valence-electron chi connectivity index (χ1n) is 7.55. The molecule has 2 aliphatic rings. The molecule has 0 amide bonds. The fraction of sp³-hybridized carbons (Fsp3) is 0.786. The average molecular weight is 313 g/mol. The Balaban J connectivity index is 1.57. The van der Waals surface area contributed by atoms with E-state index >= 15 is 0 Å². The Morgan fingerprint density at radius 1 is 1.33 bits per heavy atom. The summed E-state index contributed by atoms with van der Waals surface area (Å²) in [6.07, 6.45) is 2.33. The van der Waals surface area contributed by atoms with Crippen molar-refractivity contribution >= 4 is 16.5 Å². The molecule has 1 aromatic rings. The monoisotopic (exact) mass is 313 g/mol.